The van der Waals surface area contributed by atoms with Crippen molar-refractivity contribution in [1.29, 1.82) is 0 Å². The first-order valence-corrected chi connectivity index (χ1v) is 5.25. The third-order valence-electron chi connectivity index (χ3n) is 3.24. The van der Waals surface area contributed by atoms with E-state index in [2.05, 4.69) is 5.32 Å². The van der Waals surface area contributed by atoms with Gasteiger partial charge in [0.1, 0.15) is 0 Å². The van der Waals surface area contributed by atoms with Gasteiger partial charge in [0.2, 0.25) is 5.91 Å². The molecule has 0 saturated carbocycles. The van der Waals surface area contributed by atoms with Gasteiger partial charge in [-0.1, -0.05) is 0 Å². The van der Waals surface area contributed by atoms with E-state index in [0.29, 0.717) is 12.0 Å². The lowest BCUT2D eigenvalue weighted by atomic mass is 9.81. The minimum atomic E-state index is 0.277. The fourth-order valence-electron chi connectivity index (χ4n) is 2.29. The fourth-order valence-corrected chi connectivity index (χ4v) is 2.29. The summed E-state index contributed by atoms with van der Waals surface area (Å²) in [4.78, 5) is 15.7. The van der Waals surface area contributed by atoms with Crippen molar-refractivity contribution in [2.75, 3.05) is 46.8 Å². The molecule has 2 saturated heterocycles. The van der Waals surface area contributed by atoms with Gasteiger partial charge in [0, 0.05) is 31.6 Å². The van der Waals surface area contributed by atoms with E-state index in [9.17, 15) is 4.79 Å². The Morgan fingerprint density at radius 1 is 1.50 bits per heavy atom. The summed E-state index contributed by atoms with van der Waals surface area (Å²) in [7, 11) is 3.88. The van der Waals surface area contributed by atoms with Gasteiger partial charge in [-0.05, 0) is 20.5 Å². The molecule has 2 aliphatic heterocycles. The Morgan fingerprint density at radius 2 is 2.21 bits per heavy atom. The molecule has 0 atom stereocenters. The normalized spacial score (nSPS) is 24.4. The molecule has 0 aromatic carbocycles. The molecule has 0 unspecified atom stereocenters. The highest BCUT2D eigenvalue weighted by Crippen LogP contribution is 2.33. The van der Waals surface area contributed by atoms with Crippen molar-refractivity contribution in [2.24, 2.45) is 5.41 Å². The van der Waals surface area contributed by atoms with Crippen LogP contribution in [0.4, 0.5) is 0 Å². The molecule has 80 valence electrons. The van der Waals surface area contributed by atoms with Crippen LogP contribution in [0.25, 0.3) is 0 Å². The molecule has 4 nitrogen and oxygen atoms in total. The number of carbonyl (C=O) groups is 1. The Balaban J connectivity index is 1.85. The zero-order valence-corrected chi connectivity index (χ0v) is 9.05. The number of likely N-dealkylation sites (tertiary alicyclic amines) is 1. The quantitative estimate of drug-likeness (QED) is 0.640. The zero-order chi connectivity index (χ0) is 10.2. The number of hydrogen-bond acceptors (Lipinski definition) is 3. The predicted octanol–water partition coefficient (Wildman–Crippen LogP) is -0.630. The monoisotopic (exact) mass is 197 g/mol. The topological polar surface area (TPSA) is 35.6 Å². The van der Waals surface area contributed by atoms with Crippen LogP contribution in [0.3, 0.4) is 0 Å². The average Bonchev–Trinajstić information content (AvgIpc) is 2.45. The van der Waals surface area contributed by atoms with Gasteiger partial charge < -0.3 is 15.1 Å². The lowest BCUT2D eigenvalue weighted by molar-refractivity contribution is -0.131. The van der Waals surface area contributed by atoms with E-state index in [1.54, 1.807) is 0 Å². The van der Waals surface area contributed by atoms with Gasteiger partial charge >= 0.3 is 0 Å². The second kappa shape index (κ2) is 3.51. The summed E-state index contributed by atoms with van der Waals surface area (Å²) in [5.41, 5.74) is 0.433. The van der Waals surface area contributed by atoms with Crippen LogP contribution in [0.2, 0.25) is 0 Å². The summed E-state index contributed by atoms with van der Waals surface area (Å²) >= 11 is 0. The zero-order valence-electron chi connectivity index (χ0n) is 9.05. The molecule has 2 rings (SSSR count). The number of likely N-dealkylation sites (N-methyl/N-ethyl adjacent to an activating group) is 1. The number of nitrogens with one attached hydrogen (secondary N) is 1. The van der Waals surface area contributed by atoms with Crippen molar-refractivity contribution in [2.45, 2.75) is 6.42 Å². The summed E-state index contributed by atoms with van der Waals surface area (Å²) < 4.78 is 0. The van der Waals surface area contributed by atoms with Crippen molar-refractivity contribution >= 4 is 5.91 Å². The Kier molecular flexibility index (Phi) is 2.49. The van der Waals surface area contributed by atoms with Gasteiger partial charge in [0.15, 0.2) is 0 Å². The third kappa shape index (κ3) is 1.77. The smallest absolute Gasteiger partial charge is 0.236 e. The van der Waals surface area contributed by atoms with Crippen molar-refractivity contribution in [3.05, 3.63) is 0 Å². The van der Waals surface area contributed by atoms with Crippen molar-refractivity contribution in [3.63, 3.8) is 0 Å². The second-order valence-corrected chi connectivity index (χ2v) is 4.91. The first kappa shape index (κ1) is 9.93. The predicted molar refractivity (Wildman–Crippen MR) is 55.1 cm³/mol. The molecule has 4 heteroatoms. The maximum atomic E-state index is 11.7. The van der Waals surface area contributed by atoms with Gasteiger partial charge in [0.25, 0.3) is 0 Å². The molecule has 0 radical (unpaired) electrons. The van der Waals surface area contributed by atoms with Crippen LogP contribution < -0.4 is 5.32 Å². The number of rotatable bonds is 2. The molecule has 1 N–H and O–H groups in total. The minimum Gasteiger partial charge on any atom is -0.341 e. The summed E-state index contributed by atoms with van der Waals surface area (Å²) in [5.74, 6) is 0.277. The lowest BCUT2D eigenvalue weighted by Crippen LogP contribution is -2.55. The molecule has 1 spiro atoms. The first-order valence-electron chi connectivity index (χ1n) is 5.25. The molecule has 0 aromatic heterocycles. The lowest BCUT2D eigenvalue weighted by Gasteiger charge is -2.39. The highest BCUT2D eigenvalue weighted by Gasteiger charge is 2.44. The third-order valence-corrected chi connectivity index (χ3v) is 3.24. The van der Waals surface area contributed by atoms with E-state index in [1.807, 2.05) is 23.9 Å². The van der Waals surface area contributed by atoms with Gasteiger partial charge in [-0.15, -0.1) is 0 Å². The van der Waals surface area contributed by atoms with Crippen molar-refractivity contribution in [1.82, 2.24) is 15.1 Å². The van der Waals surface area contributed by atoms with E-state index >= 15 is 0 Å². The van der Waals surface area contributed by atoms with Crippen molar-refractivity contribution < 1.29 is 4.79 Å². The highest BCUT2D eigenvalue weighted by atomic mass is 16.2. The molecule has 0 aromatic rings. The van der Waals surface area contributed by atoms with Crippen molar-refractivity contribution in [3.8, 4) is 0 Å². The van der Waals surface area contributed by atoms with Gasteiger partial charge in [-0.3, -0.25) is 4.79 Å². The van der Waals surface area contributed by atoms with Crippen LogP contribution in [0, 0.1) is 5.41 Å². The average molecular weight is 197 g/mol. The van der Waals surface area contributed by atoms with Gasteiger partial charge in [0.05, 0.1) is 6.54 Å². The number of hydrogen-bond donors (Lipinski definition) is 1. The number of nitrogens with zero attached hydrogens (tertiary/aromatic N) is 2. The van der Waals surface area contributed by atoms with Crippen LogP contribution >= 0.6 is 0 Å². The molecule has 14 heavy (non-hydrogen) atoms. The van der Waals surface area contributed by atoms with Gasteiger partial charge in [-0.25, -0.2) is 0 Å². The molecule has 1 amide bonds. The summed E-state index contributed by atoms with van der Waals surface area (Å²) in [6.45, 7) is 4.65. The molecule has 2 heterocycles. The maximum absolute atomic E-state index is 11.7. The Hall–Kier alpha value is -0.610. The van der Waals surface area contributed by atoms with Crippen LogP contribution in [-0.2, 0) is 4.79 Å². The van der Waals surface area contributed by atoms with E-state index < -0.39 is 0 Å². The number of amides is 1. The standard InChI is InChI=1S/C10H19N3O/c1-12(2)5-9(14)13-4-3-10(8-13)6-11-7-10/h11H,3-8H2,1-2H3. The minimum absolute atomic E-state index is 0.277. The van der Waals surface area contributed by atoms with Crippen LogP contribution in [-0.4, -0.2) is 62.5 Å². The summed E-state index contributed by atoms with van der Waals surface area (Å²) in [6.07, 6.45) is 1.18. The molecule has 2 fully saturated rings. The molecule has 0 bridgehead atoms. The SMILES string of the molecule is CN(C)CC(=O)N1CCC2(CNC2)C1. The van der Waals surface area contributed by atoms with Crippen LogP contribution in [0.15, 0.2) is 0 Å². The molecule has 0 aliphatic carbocycles. The van der Waals surface area contributed by atoms with E-state index in [0.717, 1.165) is 26.2 Å². The number of carbonyl (C=O) groups excluding carboxylic acids is 1. The van der Waals surface area contributed by atoms with Crippen LogP contribution in [0.5, 0.6) is 0 Å². The Bertz CT molecular complexity index is 236. The molecular formula is C10H19N3O. The molecule has 2 aliphatic rings. The van der Waals surface area contributed by atoms with E-state index in [4.69, 9.17) is 0 Å². The Morgan fingerprint density at radius 3 is 2.64 bits per heavy atom. The van der Waals surface area contributed by atoms with Crippen LogP contribution in [0.1, 0.15) is 6.42 Å². The maximum Gasteiger partial charge on any atom is 0.236 e. The first-order chi connectivity index (χ1) is 6.61. The van der Waals surface area contributed by atoms with E-state index in [1.165, 1.54) is 6.42 Å². The largest absolute Gasteiger partial charge is 0.341 e. The fraction of sp³-hybridized carbons (Fsp3) is 0.900. The van der Waals surface area contributed by atoms with Gasteiger partial charge in [-0.2, -0.15) is 0 Å². The molecular weight excluding hydrogens is 178 g/mol. The van der Waals surface area contributed by atoms with E-state index in [-0.39, 0.29) is 5.91 Å². The summed E-state index contributed by atoms with van der Waals surface area (Å²) in [5, 5.41) is 3.30. The Labute approximate surface area is 85.2 Å². The second-order valence-electron chi connectivity index (χ2n) is 4.91. The summed E-state index contributed by atoms with van der Waals surface area (Å²) in [6, 6.07) is 0. The highest BCUT2D eigenvalue weighted by molar-refractivity contribution is 5.78.